The Hall–Kier alpha value is -0.700. The van der Waals surface area contributed by atoms with Crippen LogP contribution in [0.15, 0.2) is 22.7 Å². The molecule has 1 aromatic rings. The third-order valence-corrected chi connectivity index (χ3v) is 3.13. The van der Waals surface area contributed by atoms with Gasteiger partial charge in [-0.05, 0) is 37.5 Å². The lowest BCUT2D eigenvalue weighted by atomic mass is 10.1. The Morgan fingerprint density at radius 1 is 1.14 bits per heavy atom. The van der Waals surface area contributed by atoms with Crippen LogP contribution in [-0.2, 0) is 0 Å². The van der Waals surface area contributed by atoms with Crippen molar-refractivity contribution in [3.8, 4) is 5.75 Å². The molecule has 0 atom stereocenters. The molecule has 1 fully saturated rings. The molecule has 1 N–H and O–H groups in total. The van der Waals surface area contributed by atoms with Crippen molar-refractivity contribution in [3.63, 3.8) is 0 Å². The number of phenols is 1. The fourth-order valence-electron chi connectivity index (χ4n) is 1.88. The van der Waals surface area contributed by atoms with Crippen LogP contribution < -0.4 is 4.90 Å². The average Bonchev–Trinajstić information content (AvgIpc) is 2.23. The fraction of sp³-hybridized carbons (Fsp3) is 0.455. The van der Waals surface area contributed by atoms with Crippen molar-refractivity contribution in [2.24, 2.45) is 0 Å². The number of benzene rings is 1. The summed E-state index contributed by atoms with van der Waals surface area (Å²) >= 11 is 3.43. The van der Waals surface area contributed by atoms with Gasteiger partial charge in [-0.2, -0.15) is 0 Å². The minimum atomic E-state index is 0.384. The molecule has 0 radical (unpaired) electrons. The third-order valence-electron chi connectivity index (χ3n) is 2.63. The summed E-state index contributed by atoms with van der Waals surface area (Å²) in [6, 6.07) is 5.59. The highest BCUT2D eigenvalue weighted by molar-refractivity contribution is 9.10. The van der Waals surface area contributed by atoms with E-state index in [0.717, 1.165) is 23.2 Å². The van der Waals surface area contributed by atoms with Crippen LogP contribution in [0.4, 0.5) is 5.69 Å². The molecular formula is C11H14BrNO. The molecule has 14 heavy (non-hydrogen) atoms. The largest absolute Gasteiger partial charge is 0.506 e. The highest BCUT2D eigenvalue weighted by Gasteiger charge is 2.14. The second kappa shape index (κ2) is 4.22. The van der Waals surface area contributed by atoms with Crippen molar-refractivity contribution in [2.45, 2.75) is 19.3 Å². The normalized spacial score (nSPS) is 17.1. The van der Waals surface area contributed by atoms with Gasteiger partial charge in [0.1, 0.15) is 5.75 Å². The molecule has 0 aromatic heterocycles. The van der Waals surface area contributed by atoms with Crippen LogP contribution >= 0.6 is 15.9 Å². The summed E-state index contributed by atoms with van der Waals surface area (Å²) in [5.74, 6) is 0.384. The van der Waals surface area contributed by atoms with E-state index in [9.17, 15) is 5.11 Å². The summed E-state index contributed by atoms with van der Waals surface area (Å²) in [7, 11) is 0. The first-order valence-electron chi connectivity index (χ1n) is 5.01. The predicted octanol–water partition coefficient (Wildman–Crippen LogP) is 3.15. The van der Waals surface area contributed by atoms with Gasteiger partial charge in [-0.25, -0.2) is 0 Å². The van der Waals surface area contributed by atoms with Crippen LogP contribution in [0.25, 0.3) is 0 Å². The maximum atomic E-state index is 9.72. The number of nitrogens with zero attached hydrogens (tertiary/aromatic N) is 1. The maximum Gasteiger partial charge on any atom is 0.138 e. The van der Waals surface area contributed by atoms with Crippen molar-refractivity contribution >= 4 is 21.6 Å². The molecule has 2 nitrogen and oxygen atoms in total. The first-order chi connectivity index (χ1) is 6.77. The van der Waals surface area contributed by atoms with Crippen LogP contribution in [0.2, 0.25) is 0 Å². The summed E-state index contributed by atoms with van der Waals surface area (Å²) < 4.78 is 1.02. The fourth-order valence-corrected chi connectivity index (χ4v) is 2.23. The van der Waals surface area contributed by atoms with Gasteiger partial charge in [0.05, 0.1) is 5.69 Å². The molecule has 2 rings (SSSR count). The van der Waals surface area contributed by atoms with Crippen molar-refractivity contribution < 1.29 is 5.11 Å². The van der Waals surface area contributed by atoms with Gasteiger partial charge in [0.15, 0.2) is 0 Å². The molecule has 1 aliphatic heterocycles. The first kappa shape index (κ1) is 9.84. The monoisotopic (exact) mass is 255 g/mol. The molecule has 76 valence electrons. The maximum absolute atomic E-state index is 9.72. The third kappa shape index (κ3) is 2.03. The average molecular weight is 256 g/mol. The number of anilines is 1. The molecule has 3 heteroatoms. The minimum Gasteiger partial charge on any atom is -0.506 e. The Morgan fingerprint density at radius 3 is 2.57 bits per heavy atom. The summed E-state index contributed by atoms with van der Waals surface area (Å²) in [4.78, 5) is 2.25. The van der Waals surface area contributed by atoms with E-state index in [1.54, 1.807) is 6.07 Å². The molecule has 1 aromatic carbocycles. The number of piperidine rings is 1. The zero-order valence-electron chi connectivity index (χ0n) is 8.04. The first-order valence-corrected chi connectivity index (χ1v) is 5.80. The highest BCUT2D eigenvalue weighted by atomic mass is 79.9. The zero-order valence-corrected chi connectivity index (χ0v) is 9.63. The van der Waals surface area contributed by atoms with Crippen LogP contribution in [0, 0.1) is 0 Å². The summed E-state index contributed by atoms with van der Waals surface area (Å²) in [6.45, 7) is 2.12. The van der Waals surface area contributed by atoms with E-state index in [1.165, 1.54) is 19.3 Å². The Labute approximate surface area is 92.7 Å². The number of phenolic OH excluding ortho intramolecular Hbond substituents is 1. The van der Waals surface area contributed by atoms with E-state index in [4.69, 9.17) is 0 Å². The van der Waals surface area contributed by atoms with E-state index in [-0.39, 0.29) is 0 Å². The Morgan fingerprint density at radius 2 is 1.86 bits per heavy atom. The number of halogens is 1. The van der Waals surface area contributed by atoms with Crippen molar-refractivity contribution in [2.75, 3.05) is 18.0 Å². The topological polar surface area (TPSA) is 23.5 Å². The smallest absolute Gasteiger partial charge is 0.138 e. The van der Waals surface area contributed by atoms with Gasteiger partial charge in [0, 0.05) is 17.6 Å². The molecule has 0 bridgehead atoms. The van der Waals surface area contributed by atoms with Crippen LogP contribution in [-0.4, -0.2) is 18.2 Å². The second-order valence-electron chi connectivity index (χ2n) is 3.68. The number of hydrogen-bond donors (Lipinski definition) is 1. The van der Waals surface area contributed by atoms with Gasteiger partial charge >= 0.3 is 0 Å². The highest BCUT2D eigenvalue weighted by Crippen LogP contribution is 2.31. The lowest BCUT2D eigenvalue weighted by Crippen LogP contribution is -2.29. The summed E-state index contributed by atoms with van der Waals surface area (Å²) in [5.41, 5.74) is 0.957. The van der Waals surface area contributed by atoms with Gasteiger partial charge < -0.3 is 10.0 Å². The molecule has 1 aliphatic rings. The molecular weight excluding hydrogens is 242 g/mol. The van der Waals surface area contributed by atoms with Gasteiger partial charge in [-0.15, -0.1) is 0 Å². The number of hydrogen-bond acceptors (Lipinski definition) is 2. The molecule has 0 spiro atoms. The standard InChI is InChI=1S/C11H14BrNO/c12-9-4-5-11(14)10(8-9)13-6-2-1-3-7-13/h4-5,8,14H,1-3,6-7H2. The molecule has 0 amide bonds. The molecule has 1 heterocycles. The van der Waals surface area contributed by atoms with E-state index in [0.29, 0.717) is 5.75 Å². The number of aromatic hydroxyl groups is 1. The van der Waals surface area contributed by atoms with E-state index in [2.05, 4.69) is 20.8 Å². The number of rotatable bonds is 1. The Balaban J connectivity index is 2.24. The van der Waals surface area contributed by atoms with Gasteiger partial charge in [-0.1, -0.05) is 15.9 Å². The minimum absolute atomic E-state index is 0.384. The summed E-state index contributed by atoms with van der Waals surface area (Å²) in [6.07, 6.45) is 3.77. The van der Waals surface area contributed by atoms with Gasteiger partial charge in [0.2, 0.25) is 0 Å². The Bertz CT molecular complexity index is 321. The molecule has 0 saturated carbocycles. The van der Waals surface area contributed by atoms with Gasteiger partial charge in [0.25, 0.3) is 0 Å². The van der Waals surface area contributed by atoms with Crippen LogP contribution in [0.5, 0.6) is 5.75 Å². The van der Waals surface area contributed by atoms with E-state index in [1.807, 2.05) is 12.1 Å². The van der Waals surface area contributed by atoms with E-state index >= 15 is 0 Å². The SMILES string of the molecule is Oc1ccc(Br)cc1N1CCCCC1. The zero-order chi connectivity index (χ0) is 9.97. The Kier molecular flexibility index (Phi) is 2.96. The molecule has 0 aliphatic carbocycles. The molecule has 1 saturated heterocycles. The van der Waals surface area contributed by atoms with E-state index < -0.39 is 0 Å². The van der Waals surface area contributed by atoms with Crippen LogP contribution in [0.3, 0.4) is 0 Å². The van der Waals surface area contributed by atoms with Crippen molar-refractivity contribution in [1.29, 1.82) is 0 Å². The van der Waals surface area contributed by atoms with Crippen molar-refractivity contribution in [1.82, 2.24) is 0 Å². The van der Waals surface area contributed by atoms with Crippen molar-refractivity contribution in [3.05, 3.63) is 22.7 Å². The second-order valence-corrected chi connectivity index (χ2v) is 4.60. The quantitative estimate of drug-likeness (QED) is 0.834. The lowest BCUT2D eigenvalue weighted by molar-refractivity contribution is 0.469. The summed E-state index contributed by atoms with van der Waals surface area (Å²) in [5, 5.41) is 9.72. The lowest BCUT2D eigenvalue weighted by Gasteiger charge is -2.29. The molecule has 0 unspecified atom stereocenters. The van der Waals surface area contributed by atoms with Gasteiger partial charge in [-0.3, -0.25) is 0 Å². The predicted molar refractivity (Wildman–Crippen MR) is 61.9 cm³/mol. The van der Waals surface area contributed by atoms with Crippen LogP contribution in [0.1, 0.15) is 19.3 Å².